The molecule has 4 nitrogen and oxygen atoms in total. The van der Waals surface area contributed by atoms with Gasteiger partial charge in [0.15, 0.2) is 0 Å². The van der Waals surface area contributed by atoms with Gasteiger partial charge in [0.05, 0.1) is 17.8 Å². The Hall–Kier alpha value is -2.01. The first kappa shape index (κ1) is 17.0. The Morgan fingerprint density at radius 1 is 1.29 bits per heavy atom. The fourth-order valence-electron chi connectivity index (χ4n) is 1.42. The molecule has 1 rings (SSSR count). The van der Waals surface area contributed by atoms with Gasteiger partial charge in [-0.1, -0.05) is 0 Å². The van der Waals surface area contributed by atoms with Crippen LogP contribution in [0.4, 0.5) is 4.39 Å². The summed E-state index contributed by atoms with van der Waals surface area (Å²) in [4.78, 5) is 22.3. The van der Waals surface area contributed by atoms with Crippen LogP contribution in [0.1, 0.15) is 31.1 Å². The summed E-state index contributed by atoms with van der Waals surface area (Å²) < 4.78 is 23.6. The molecular formula is C16H19FO4. The number of ether oxygens (including phenoxy) is 2. The van der Waals surface area contributed by atoms with Crippen LogP contribution in [0, 0.1) is 5.82 Å². The average molecular weight is 294 g/mol. The SMILES string of the molecule is CC(C)(C)OCC(/C=C/C=O)OC(=O)c1ccc(F)cc1. The van der Waals surface area contributed by atoms with Crippen molar-refractivity contribution in [2.45, 2.75) is 32.5 Å². The minimum Gasteiger partial charge on any atom is -0.452 e. The van der Waals surface area contributed by atoms with Crippen molar-refractivity contribution >= 4 is 12.3 Å². The number of esters is 1. The summed E-state index contributed by atoms with van der Waals surface area (Å²) in [5.41, 5.74) is -0.160. The molecule has 0 aromatic heterocycles. The fourth-order valence-corrected chi connectivity index (χ4v) is 1.42. The van der Waals surface area contributed by atoms with Crippen LogP contribution in [-0.2, 0) is 14.3 Å². The molecule has 1 atom stereocenters. The summed E-state index contributed by atoms with van der Waals surface area (Å²) >= 11 is 0. The van der Waals surface area contributed by atoms with Crippen LogP contribution in [-0.4, -0.2) is 30.6 Å². The van der Waals surface area contributed by atoms with Crippen LogP contribution in [0.25, 0.3) is 0 Å². The first-order chi connectivity index (χ1) is 9.81. The lowest BCUT2D eigenvalue weighted by molar-refractivity contribution is -0.104. The predicted octanol–water partition coefficient (Wildman–Crippen LogP) is 2.92. The molecule has 0 saturated carbocycles. The number of hydrogen-bond donors (Lipinski definition) is 0. The van der Waals surface area contributed by atoms with E-state index in [1.54, 1.807) is 0 Å². The van der Waals surface area contributed by atoms with E-state index in [2.05, 4.69) is 0 Å². The molecule has 0 amide bonds. The number of rotatable bonds is 6. The van der Waals surface area contributed by atoms with Crippen molar-refractivity contribution in [3.63, 3.8) is 0 Å². The van der Waals surface area contributed by atoms with Gasteiger partial charge in [-0.15, -0.1) is 0 Å². The third-order valence-electron chi connectivity index (χ3n) is 2.42. The number of hydrogen-bond acceptors (Lipinski definition) is 4. The summed E-state index contributed by atoms with van der Waals surface area (Å²) in [5.74, 6) is -1.03. The molecule has 1 aromatic carbocycles. The Labute approximate surface area is 123 Å². The lowest BCUT2D eigenvalue weighted by Crippen LogP contribution is -2.28. The fraction of sp³-hybridized carbons (Fsp3) is 0.375. The van der Waals surface area contributed by atoms with E-state index in [0.717, 1.165) is 0 Å². The van der Waals surface area contributed by atoms with Crippen molar-refractivity contribution in [1.29, 1.82) is 0 Å². The van der Waals surface area contributed by atoms with Gasteiger partial charge in [-0.2, -0.15) is 0 Å². The van der Waals surface area contributed by atoms with Crippen molar-refractivity contribution in [1.82, 2.24) is 0 Å². The Bertz CT molecular complexity index is 500. The predicted molar refractivity (Wildman–Crippen MR) is 76.5 cm³/mol. The third-order valence-corrected chi connectivity index (χ3v) is 2.42. The minimum absolute atomic E-state index is 0.126. The lowest BCUT2D eigenvalue weighted by Gasteiger charge is -2.23. The van der Waals surface area contributed by atoms with E-state index in [-0.39, 0.29) is 12.2 Å². The van der Waals surface area contributed by atoms with Crippen LogP contribution < -0.4 is 0 Å². The summed E-state index contributed by atoms with van der Waals surface area (Å²) in [6.45, 7) is 5.74. The maximum Gasteiger partial charge on any atom is 0.338 e. The van der Waals surface area contributed by atoms with E-state index in [1.807, 2.05) is 20.8 Å². The van der Waals surface area contributed by atoms with Gasteiger partial charge in [0, 0.05) is 0 Å². The number of carbonyl (C=O) groups excluding carboxylic acids is 2. The van der Waals surface area contributed by atoms with Gasteiger partial charge in [0.25, 0.3) is 0 Å². The normalized spacial score (nSPS) is 13.1. The van der Waals surface area contributed by atoms with E-state index < -0.39 is 23.5 Å². The van der Waals surface area contributed by atoms with E-state index >= 15 is 0 Å². The summed E-state index contributed by atoms with van der Waals surface area (Å²) in [7, 11) is 0. The zero-order valence-electron chi connectivity index (χ0n) is 12.3. The average Bonchev–Trinajstić information content (AvgIpc) is 2.41. The second-order valence-electron chi connectivity index (χ2n) is 5.40. The molecule has 0 aliphatic heterocycles. The second kappa shape index (κ2) is 7.69. The molecule has 0 aliphatic rings. The van der Waals surface area contributed by atoms with Gasteiger partial charge in [-0.3, -0.25) is 4.79 Å². The van der Waals surface area contributed by atoms with Crippen molar-refractivity contribution in [3.8, 4) is 0 Å². The van der Waals surface area contributed by atoms with Gasteiger partial charge in [-0.25, -0.2) is 9.18 Å². The Kier molecular flexibility index (Phi) is 6.24. The number of carbonyl (C=O) groups is 2. The van der Waals surface area contributed by atoms with E-state index in [4.69, 9.17) is 9.47 Å². The maximum atomic E-state index is 12.8. The molecule has 0 heterocycles. The standard InChI is InChI=1S/C16H19FO4/c1-16(2,3)20-11-14(5-4-10-18)21-15(19)12-6-8-13(17)9-7-12/h4-10,14H,11H2,1-3H3/b5-4+. The van der Waals surface area contributed by atoms with E-state index in [1.165, 1.54) is 36.4 Å². The third kappa shape index (κ3) is 6.81. The highest BCUT2D eigenvalue weighted by Crippen LogP contribution is 2.11. The largest absolute Gasteiger partial charge is 0.452 e. The number of aldehydes is 1. The molecule has 0 fully saturated rings. The van der Waals surface area contributed by atoms with E-state index in [0.29, 0.717) is 6.29 Å². The minimum atomic E-state index is -0.688. The molecule has 21 heavy (non-hydrogen) atoms. The van der Waals surface area contributed by atoms with Crippen molar-refractivity contribution < 1.29 is 23.5 Å². The zero-order valence-corrected chi connectivity index (χ0v) is 12.3. The molecule has 1 unspecified atom stereocenters. The molecule has 0 saturated heterocycles. The van der Waals surface area contributed by atoms with Gasteiger partial charge in [-0.05, 0) is 57.2 Å². The zero-order chi connectivity index (χ0) is 15.9. The van der Waals surface area contributed by atoms with Gasteiger partial charge < -0.3 is 9.47 Å². The molecule has 0 N–H and O–H groups in total. The van der Waals surface area contributed by atoms with Gasteiger partial charge >= 0.3 is 5.97 Å². The first-order valence-corrected chi connectivity index (χ1v) is 6.54. The Balaban J connectivity index is 2.71. The smallest absolute Gasteiger partial charge is 0.338 e. The molecule has 1 aromatic rings. The van der Waals surface area contributed by atoms with Crippen LogP contribution in [0.5, 0.6) is 0 Å². The molecule has 0 aliphatic carbocycles. The molecule has 114 valence electrons. The van der Waals surface area contributed by atoms with Crippen molar-refractivity contribution in [2.24, 2.45) is 0 Å². The monoisotopic (exact) mass is 294 g/mol. The number of benzene rings is 1. The van der Waals surface area contributed by atoms with Crippen LogP contribution >= 0.6 is 0 Å². The molecule has 5 heteroatoms. The highest BCUT2D eigenvalue weighted by Gasteiger charge is 2.18. The van der Waals surface area contributed by atoms with Crippen LogP contribution in [0.15, 0.2) is 36.4 Å². The van der Waals surface area contributed by atoms with Crippen molar-refractivity contribution in [3.05, 3.63) is 47.8 Å². The number of halogens is 1. The van der Waals surface area contributed by atoms with Crippen LogP contribution in [0.3, 0.4) is 0 Å². The molecular weight excluding hydrogens is 275 g/mol. The summed E-state index contributed by atoms with van der Waals surface area (Å²) in [6.07, 6.45) is 2.59. The maximum absolute atomic E-state index is 12.8. The topological polar surface area (TPSA) is 52.6 Å². The second-order valence-corrected chi connectivity index (χ2v) is 5.40. The summed E-state index contributed by atoms with van der Waals surface area (Å²) in [5, 5.41) is 0. The van der Waals surface area contributed by atoms with Gasteiger partial charge in [0.1, 0.15) is 18.2 Å². The quantitative estimate of drug-likeness (QED) is 0.460. The highest BCUT2D eigenvalue weighted by molar-refractivity contribution is 5.89. The van der Waals surface area contributed by atoms with Crippen LogP contribution in [0.2, 0.25) is 0 Å². The molecule has 0 spiro atoms. The number of allylic oxidation sites excluding steroid dienone is 1. The Morgan fingerprint density at radius 3 is 2.43 bits per heavy atom. The lowest BCUT2D eigenvalue weighted by atomic mass is 10.2. The summed E-state index contributed by atoms with van der Waals surface area (Å²) in [6, 6.07) is 5.03. The van der Waals surface area contributed by atoms with E-state index in [9.17, 15) is 14.0 Å². The highest BCUT2D eigenvalue weighted by atomic mass is 19.1. The molecule has 0 radical (unpaired) electrons. The molecule has 0 bridgehead atoms. The van der Waals surface area contributed by atoms with Crippen molar-refractivity contribution in [2.75, 3.05) is 6.61 Å². The Morgan fingerprint density at radius 2 is 1.90 bits per heavy atom. The first-order valence-electron chi connectivity index (χ1n) is 6.54. The van der Waals surface area contributed by atoms with Gasteiger partial charge in [0.2, 0.25) is 0 Å².